The van der Waals surface area contributed by atoms with Gasteiger partial charge in [0, 0.05) is 29.9 Å². The van der Waals surface area contributed by atoms with E-state index >= 15 is 0 Å². The van der Waals surface area contributed by atoms with Gasteiger partial charge in [-0.3, -0.25) is 9.20 Å². The number of fused-ring (bicyclic) bond motifs is 1. The predicted octanol–water partition coefficient (Wildman–Crippen LogP) is 6.71. The highest BCUT2D eigenvalue weighted by Crippen LogP contribution is 2.35. The Morgan fingerprint density at radius 3 is 2.28 bits per heavy atom. The van der Waals surface area contributed by atoms with Gasteiger partial charge in [-0.05, 0) is 38.0 Å². The van der Waals surface area contributed by atoms with E-state index in [2.05, 4.69) is 13.8 Å². The lowest BCUT2D eigenvalue weighted by Crippen LogP contribution is -2.36. The molecule has 0 fully saturated rings. The molecule has 3 aromatic rings. The lowest BCUT2D eigenvalue weighted by atomic mass is 9.99. The average molecular weight is 453 g/mol. The zero-order valence-corrected chi connectivity index (χ0v) is 19.0. The maximum Gasteiger partial charge on any atom is 0.231 e. The van der Waals surface area contributed by atoms with E-state index in [9.17, 15) is 4.79 Å². The number of carbonyl (C=O) groups excluding carboxylic acids is 1. The number of pyridine rings is 1. The molecular weight excluding hydrogens is 429 g/mol. The largest absolute Gasteiger partial charge is 0.342 e. The third kappa shape index (κ3) is 4.55. The van der Waals surface area contributed by atoms with Crippen molar-refractivity contribution < 1.29 is 4.79 Å². The number of benzene rings is 1. The highest BCUT2D eigenvalue weighted by atomic mass is 35.5. The number of rotatable bonds is 7. The maximum absolute atomic E-state index is 13.4. The van der Waals surface area contributed by atoms with Crippen molar-refractivity contribution in [2.45, 2.75) is 39.5 Å². The number of hydrogen-bond acceptors (Lipinski definition) is 2. The van der Waals surface area contributed by atoms with Crippen molar-refractivity contribution in [3.05, 3.63) is 57.3 Å². The van der Waals surface area contributed by atoms with Crippen molar-refractivity contribution in [1.82, 2.24) is 14.3 Å². The highest BCUT2D eigenvalue weighted by molar-refractivity contribution is 6.36. The molecule has 0 radical (unpaired) electrons. The van der Waals surface area contributed by atoms with Gasteiger partial charge in [-0.1, -0.05) is 60.8 Å². The minimum absolute atomic E-state index is 0.0711. The topological polar surface area (TPSA) is 37.6 Å². The normalized spacial score (nSPS) is 12.3. The summed E-state index contributed by atoms with van der Waals surface area (Å²) in [4.78, 5) is 20.1. The van der Waals surface area contributed by atoms with E-state index in [1.165, 1.54) is 0 Å². The quantitative estimate of drug-likeness (QED) is 0.399. The molecule has 1 aromatic carbocycles. The summed E-state index contributed by atoms with van der Waals surface area (Å²) < 4.78 is 1.84. The van der Waals surface area contributed by atoms with Gasteiger partial charge >= 0.3 is 0 Å². The molecule has 29 heavy (non-hydrogen) atoms. The zero-order valence-electron chi connectivity index (χ0n) is 16.8. The summed E-state index contributed by atoms with van der Waals surface area (Å²) in [5, 5.41) is 1.57. The Labute approximate surface area is 186 Å². The van der Waals surface area contributed by atoms with Gasteiger partial charge < -0.3 is 4.90 Å². The van der Waals surface area contributed by atoms with Gasteiger partial charge in [0.05, 0.1) is 27.4 Å². The monoisotopic (exact) mass is 451 g/mol. The van der Waals surface area contributed by atoms with E-state index < -0.39 is 5.92 Å². The molecule has 0 aliphatic rings. The smallest absolute Gasteiger partial charge is 0.231 e. The molecule has 1 atom stereocenters. The fraction of sp³-hybridized carbons (Fsp3) is 0.364. The van der Waals surface area contributed by atoms with Gasteiger partial charge in [0.2, 0.25) is 5.91 Å². The Hall–Kier alpha value is -1.75. The van der Waals surface area contributed by atoms with Crippen LogP contribution in [0.4, 0.5) is 0 Å². The second kappa shape index (κ2) is 9.38. The van der Waals surface area contributed by atoms with Crippen LogP contribution in [0.2, 0.25) is 15.1 Å². The van der Waals surface area contributed by atoms with Gasteiger partial charge in [-0.15, -0.1) is 0 Å². The van der Waals surface area contributed by atoms with E-state index in [0.717, 1.165) is 37.2 Å². The molecular formula is C22H24Cl3N3O. The highest BCUT2D eigenvalue weighted by Gasteiger charge is 2.28. The first-order valence-electron chi connectivity index (χ1n) is 9.79. The standard InChI is InChI=1S/C22H24Cl3N3O/c1-4-10-27(11-5-2)22(29)14(3)20-19(15-6-8-16(23)9-7-15)26-21-18(25)12-17(24)13-28(20)21/h6-9,12-14H,4-5,10-11H2,1-3H3. The fourth-order valence-electron chi connectivity index (χ4n) is 3.59. The molecule has 4 nitrogen and oxygen atoms in total. The first-order chi connectivity index (χ1) is 13.9. The molecule has 0 aliphatic heterocycles. The molecule has 0 bridgehead atoms. The summed E-state index contributed by atoms with van der Waals surface area (Å²) in [5.41, 5.74) is 2.93. The van der Waals surface area contributed by atoms with Crippen molar-refractivity contribution >= 4 is 46.4 Å². The third-order valence-electron chi connectivity index (χ3n) is 4.88. The van der Waals surface area contributed by atoms with Crippen molar-refractivity contribution in [3.63, 3.8) is 0 Å². The molecule has 0 aliphatic carbocycles. The van der Waals surface area contributed by atoms with Crippen LogP contribution in [0.5, 0.6) is 0 Å². The molecule has 154 valence electrons. The number of hydrogen-bond donors (Lipinski definition) is 0. The van der Waals surface area contributed by atoms with Crippen LogP contribution < -0.4 is 0 Å². The number of halogens is 3. The zero-order chi connectivity index (χ0) is 21.1. The van der Waals surface area contributed by atoms with Crippen molar-refractivity contribution in [2.24, 2.45) is 0 Å². The van der Waals surface area contributed by atoms with Gasteiger partial charge in [-0.2, -0.15) is 0 Å². The Morgan fingerprint density at radius 2 is 1.69 bits per heavy atom. The van der Waals surface area contributed by atoms with E-state index in [-0.39, 0.29) is 5.91 Å². The molecule has 3 rings (SSSR count). The summed E-state index contributed by atoms with van der Waals surface area (Å²) in [5.74, 6) is -0.342. The van der Waals surface area contributed by atoms with E-state index in [4.69, 9.17) is 39.8 Å². The van der Waals surface area contributed by atoms with Gasteiger partial charge in [0.25, 0.3) is 0 Å². The van der Waals surface area contributed by atoms with Crippen LogP contribution in [0.1, 0.15) is 45.2 Å². The molecule has 0 spiro atoms. The number of nitrogens with zero attached hydrogens (tertiary/aromatic N) is 3. The third-order valence-corrected chi connectivity index (χ3v) is 5.61. The Kier molecular flexibility index (Phi) is 7.10. The lowest BCUT2D eigenvalue weighted by molar-refractivity contribution is -0.132. The minimum Gasteiger partial charge on any atom is -0.342 e. The summed E-state index contributed by atoms with van der Waals surface area (Å²) in [6, 6.07) is 9.08. The molecule has 0 saturated heterocycles. The van der Waals surface area contributed by atoms with Crippen LogP contribution in [0, 0.1) is 0 Å². The minimum atomic E-state index is -0.414. The van der Waals surface area contributed by atoms with Crippen LogP contribution in [-0.2, 0) is 4.79 Å². The molecule has 1 amide bonds. The van der Waals surface area contributed by atoms with Crippen LogP contribution >= 0.6 is 34.8 Å². The van der Waals surface area contributed by atoms with Crippen molar-refractivity contribution in [1.29, 1.82) is 0 Å². The van der Waals surface area contributed by atoms with Gasteiger partial charge in [0.15, 0.2) is 5.65 Å². The van der Waals surface area contributed by atoms with Crippen LogP contribution in [-0.4, -0.2) is 33.3 Å². The maximum atomic E-state index is 13.4. The molecule has 0 saturated carbocycles. The molecule has 7 heteroatoms. The first kappa shape index (κ1) is 21.9. The molecule has 1 unspecified atom stereocenters. The van der Waals surface area contributed by atoms with Crippen molar-refractivity contribution in [2.75, 3.05) is 13.1 Å². The Bertz CT molecular complexity index is 1010. The number of aromatic nitrogens is 2. The Morgan fingerprint density at radius 1 is 1.07 bits per heavy atom. The average Bonchev–Trinajstić information content (AvgIpc) is 3.07. The molecule has 2 aromatic heterocycles. The number of imidazole rings is 1. The van der Waals surface area contributed by atoms with Crippen LogP contribution in [0.3, 0.4) is 0 Å². The summed E-state index contributed by atoms with van der Waals surface area (Å²) in [6.45, 7) is 7.52. The SMILES string of the molecule is CCCN(CCC)C(=O)C(C)c1c(-c2ccc(Cl)cc2)nc2c(Cl)cc(Cl)cn12. The summed E-state index contributed by atoms with van der Waals surface area (Å²) >= 11 is 18.8. The summed E-state index contributed by atoms with van der Waals surface area (Å²) in [6.07, 6.45) is 3.58. The molecule has 0 N–H and O–H groups in total. The fourth-order valence-corrected chi connectivity index (χ4v) is 4.23. The lowest BCUT2D eigenvalue weighted by Gasteiger charge is -2.25. The molecule has 2 heterocycles. The van der Waals surface area contributed by atoms with Crippen molar-refractivity contribution in [3.8, 4) is 11.3 Å². The second-order valence-corrected chi connectivity index (χ2v) is 8.38. The van der Waals surface area contributed by atoms with Gasteiger partial charge in [0.1, 0.15) is 0 Å². The van der Waals surface area contributed by atoms with Gasteiger partial charge in [-0.25, -0.2) is 4.98 Å². The Balaban J connectivity index is 2.19. The van der Waals surface area contributed by atoms with Crippen LogP contribution in [0.25, 0.3) is 16.9 Å². The predicted molar refractivity (Wildman–Crippen MR) is 121 cm³/mol. The number of carbonyl (C=O) groups is 1. The van der Waals surface area contributed by atoms with E-state index in [1.54, 1.807) is 12.3 Å². The summed E-state index contributed by atoms with van der Waals surface area (Å²) in [7, 11) is 0. The van der Waals surface area contributed by atoms with E-state index in [1.807, 2.05) is 40.5 Å². The number of amides is 1. The van der Waals surface area contributed by atoms with E-state index in [0.29, 0.717) is 26.4 Å². The second-order valence-electron chi connectivity index (χ2n) is 7.10. The first-order valence-corrected chi connectivity index (χ1v) is 10.9. The van der Waals surface area contributed by atoms with Crippen LogP contribution in [0.15, 0.2) is 36.5 Å².